The van der Waals surface area contributed by atoms with Crippen LogP contribution in [0.25, 0.3) is 0 Å². The Balaban J connectivity index is 1.97. The van der Waals surface area contributed by atoms with Crippen molar-refractivity contribution in [3.63, 3.8) is 0 Å². The molecule has 10 nitrogen and oxygen atoms in total. The van der Waals surface area contributed by atoms with E-state index in [0.717, 1.165) is 10.6 Å². The lowest BCUT2D eigenvalue weighted by Gasteiger charge is -2.20. The van der Waals surface area contributed by atoms with Gasteiger partial charge < -0.3 is 16.4 Å². The van der Waals surface area contributed by atoms with Crippen LogP contribution in [-0.4, -0.2) is 42.6 Å². The summed E-state index contributed by atoms with van der Waals surface area (Å²) in [7, 11) is -2.37. The molecular weight excluding hydrogens is 499 g/mol. The molecule has 0 atom stereocenters. The van der Waals surface area contributed by atoms with Gasteiger partial charge in [-0.3, -0.25) is 9.10 Å². The van der Waals surface area contributed by atoms with Gasteiger partial charge in [0.25, 0.3) is 0 Å². The number of carbonyl (C=O) groups excluding carboxylic acids is 1. The van der Waals surface area contributed by atoms with Crippen molar-refractivity contribution in [2.24, 2.45) is 5.73 Å². The van der Waals surface area contributed by atoms with E-state index < -0.39 is 33.5 Å². The van der Waals surface area contributed by atoms with Crippen LogP contribution in [0.2, 0.25) is 0 Å². The van der Waals surface area contributed by atoms with E-state index in [1.54, 1.807) is 32.0 Å². The van der Waals surface area contributed by atoms with Crippen molar-refractivity contribution in [2.75, 3.05) is 28.2 Å². The molecular formula is C22H24F3N7O3S. The number of anilines is 4. The minimum atomic E-state index is -4.76. The van der Waals surface area contributed by atoms with Gasteiger partial charge in [-0.1, -0.05) is 12.1 Å². The first-order chi connectivity index (χ1) is 16.7. The van der Waals surface area contributed by atoms with Crippen molar-refractivity contribution in [1.82, 2.24) is 15.0 Å². The molecule has 0 unspecified atom stereocenters. The van der Waals surface area contributed by atoms with Gasteiger partial charge in [0.05, 0.1) is 6.26 Å². The Labute approximate surface area is 205 Å². The highest BCUT2D eigenvalue weighted by Crippen LogP contribution is 2.35. The molecule has 36 heavy (non-hydrogen) atoms. The van der Waals surface area contributed by atoms with Crippen molar-refractivity contribution in [2.45, 2.75) is 26.6 Å². The molecule has 3 rings (SSSR count). The van der Waals surface area contributed by atoms with Crippen LogP contribution in [0, 0.1) is 13.8 Å². The number of aromatic nitrogens is 3. The summed E-state index contributed by atoms with van der Waals surface area (Å²) in [5.41, 5.74) is 6.31. The molecule has 0 fully saturated rings. The summed E-state index contributed by atoms with van der Waals surface area (Å²) in [6.45, 7) is 3.18. The molecule has 1 aromatic carbocycles. The second-order valence-electron chi connectivity index (χ2n) is 7.99. The first kappa shape index (κ1) is 26.7. The molecule has 0 radical (unpaired) electrons. The van der Waals surface area contributed by atoms with E-state index in [-0.39, 0.29) is 23.9 Å². The number of amides is 1. The van der Waals surface area contributed by atoms with Crippen LogP contribution in [0.1, 0.15) is 32.7 Å². The molecule has 2 aromatic heterocycles. The zero-order valence-corrected chi connectivity index (χ0v) is 20.6. The van der Waals surface area contributed by atoms with Gasteiger partial charge >= 0.3 is 6.18 Å². The number of rotatable bonds is 8. The largest absolute Gasteiger partial charge is 0.421 e. The van der Waals surface area contributed by atoms with Gasteiger partial charge in [0.1, 0.15) is 17.2 Å². The monoisotopic (exact) mass is 523 g/mol. The van der Waals surface area contributed by atoms with Gasteiger partial charge in [0, 0.05) is 42.3 Å². The van der Waals surface area contributed by atoms with E-state index in [4.69, 9.17) is 5.73 Å². The number of halogens is 3. The molecule has 0 saturated heterocycles. The first-order valence-corrected chi connectivity index (χ1v) is 12.3. The lowest BCUT2D eigenvalue weighted by atomic mass is 10.1. The molecule has 4 N–H and O–H groups in total. The van der Waals surface area contributed by atoms with Gasteiger partial charge in [-0.15, -0.1) is 0 Å². The normalized spacial score (nSPS) is 11.8. The second kappa shape index (κ2) is 9.97. The molecule has 192 valence electrons. The Morgan fingerprint density at radius 1 is 1.14 bits per heavy atom. The maximum atomic E-state index is 13.7. The Kier molecular flexibility index (Phi) is 7.38. The summed E-state index contributed by atoms with van der Waals surface area (Å²) in [6.07, 6.45) is -3.14. The predicted molar refractivity (Wildman–Crippen MR) is 130 cm³/mol. The van der Waals surface area contributed by atoms with Gasteiger partial charge in [0.15, 0.2) is 0 Å². The summed E-state index contributed by atoms with van der Waals surface area (Å²) in [5.74, 6) is -1.29. The number of hydrogen-bond acceptors (Lipinski definition) is 8. The standard InChI is InChI=1S/C22H24F3N7O3S/c1-12-5-7-14(18(26)33)9-17(12)30-21-28-11-16(22(23,24)25)19(31-21)27-10-15-8-6-13(2)29-20(15)32(3)36(4,34)35/h5-9,11H,10H2,1-4H3,(H2,26,33)(H2,27,28,30,31). The van der Waals surface area contributed by atoms with E-state index >= 15 is 0 Å². The van der Waals surface area contributed by atoms with Crippen LogP contribution in [0.3, 0.4) is 0 Å². The molecule has 0 bridgehead atoms. The van der Waals surface area contributed by atoms with Crippen molar-refractivity contribution >= 4 is 39.2 Å². The SMILES string of the molecule is Cc1ccc(CNc2nc(Nc3cc(C(N)=O)ccc3C)ncc2C(F)(F)F)c(N(C)S(C)(=O)=O)n1. The number of carbonyl (C=O) groups is 1. The van der Waals surface area contributed by atoms with Crippen LogP contribution in [0.4, 0.5) is 36.4 Å². The highest BCUT2D eigenvalue weighted by Gasteiger charge is 2.35. The molecule has 1 amide bonds. The summed E-state index contributed by atoms with van der Waals surface area (Å²) in [6, 6.07) is 7.76. The van der Waals surface area contributed by atoms with E-state index in [1.165, 1.54) is 19.2 Å². The van der Waals surface area contributed by atoms with E-state index in [0.29, 0.717) is 28.7 Å². The third-order valence-corrected chi connectivity index (χ3v) is 6.37. The lowest BCUT2D eigenvalue weighted by molar-refractivity contribution is -0.137. The molecule has 0 aliphatic carbocycles. The maximum absolute atomic E-state index is 13.7. The Morgan fingerprint density at radius 2 is 1.83 bits per heavy atom. The van der Waals surface area contributed by atoms with Crippen LogP contribution >= 0.6 is 0 Å². The third-order valence-electron chi connectivity index (χ3n) is 5.20. The molecule has 14 heteroatoms. The second-order valence-corrected chi connectivity index (χ2v) is 10.0. The Morgan fingerprint density at radius 3 is 2.44 bits per heavy atom. The number of aryl methyl sites for hydroxylation is 2. The van der Waals surface area contributed by atoms with Crippen LogP contribution in [0.5, 0.6) is 0 Å². The minimum absolute atomic E-state index is 0.0739. The fourth-order valence-corrected chi connectivity index (χ4v) is 3.61. The van der Waals surface area contributed by atoms with E-state index in [9.17, 15) is 26.4 Å². The van der Waals surface area contributed by atoms with Gasteiger partial charge in [-0.25, -0.2) is 18.4 Å². The molecule has 0 aliphatic rings. The summed E-state index contributed by atoms with van der Waals surface area (Å²) < 4.78 is 66.0. The highest BCUT2D eigenvalue weighted by atomic mass is 32.2. The van der Waals surface area contributed by atoms with Crippen LogP contribution in [-0.2, 0) is 22.7 Å². The number of hydrogen-bond donors (Lipinski definition) is 3. The zero-order valence-electron chi connectivity index (χ0n) is 19.8. The Bertz CT molecular complexity index is 1410. The van der Waals surface area contributed by atoms with Crippen molar-refractivity contribution in [3.8, 4) is 0 Å². The number of primary amides is 1. The maximum Gasteiger partial charge on any atom is 0.421 e. The number of pyridine rings is 1. The quantitative estimate of drug-likeness (QED) is 0.408. The fourth-order valence-electron chi connectivity index (χ4n) is 3.13. The first-order valence-electron chi connectivity index (χ1n) is 10.4. The van der Waals surface area contributed by atoms with Gasteiger partial charge in [-0.2, -0.15) is 18.2 Å². The predicted octanol–water partition coefficient (Wildman–Crippen LogP) is 3.36. The fraction of sp³-hybridized carbons (Fsp3) is 0.273. The zero-order chi connectivity index (χ0) is 26.8. The number of sulfonamides is 1. The molecule has 0 aliphatic heterocycles. The third kappa shape index (κ3) is 6.19. The number of benzene rings is 1. The minimum Gasteiger partial charge on any atom is -0.366 e. The van der Waals surface area contributed by atoms with Crippen molar-refractivity contribution < 1.29 is 26.4 Å². The Hall–Kier alpha value is -3.94. The summed E-state index contributed by atoms with van der Waals surface area (Å²) >= 11 is 0. The summed E-state index contributed by atoms with van der Waals surface area (Å²) in [5, 5.41) is 5.43. The molecule has 3 aromatic rings. The number of nitrogens with two attached hydrogens (primary N) is 1. The van der Waals surface area contributed by atoms with Gasteiger partial charge in [-0.05, 0) is 37.6 Å². The van der Waals surface area contributed by atoms with Crippen molar-refractivity contribution in [1.29, 1.82) is 0 Å². The molecule has 0 saturated carbocycles. The average Bonchev–Trinajstić information content (AvgIpc) is 2.77. The topological polar surface area (TPSA) is 143 Å². The number of nitrogens with one attached hydrogen (secondary N) is 2. The van der Waals surface area contributed by atoms with Crippen LogP contribution in [0.15, 0.2) is 36.5 Å². The van der Waals surface area contributed by atoms with E-state index in [1.807, 2.05) is 0 Å². The number of alkyl halides is 3. The van der Waals surface area contributed by atoms with Crippen LogP contribution < -0.4 is 20.7 Å². The van der Waals surface area contributed by atoms with Crippen molar-refractivity contribution in [3.05, 3.63) is 64.5 Å². The number of nitrogens with zero attached hydrogens (tertiary/aromatic N) is 4. The molecule has 0 spiro atoms. The van der Waals surface area contributed by atoms with Gasteiger partial charge in [0.2, 0.25) is 21.9 Å². The lowest BCUT2D eigenvalue weighted by Crippen LogP contribution is -2.27. The average molecular weight is 524 g/mol. The highest BCUT2D eigenvalue weighted by molar-refractivity contribution is 7.92. The molecule has 2 heterocycles. The van der Waals surface area contributed by atoms with E-state index in [2.05, 4.69) is 25.6 Å². The smallest absolute Gasteiger partial charge is 0.366 e. The summed E-state index contributed by atoms with van der Waals surface area (Å²) in [4.78, 5) is 23.5.